The molecule has 0 aliphatic rings. The predicted octanol–water partition coefficient (Wildman–Crippen LogP) is 1.70. The summed E-state index contributed by atoms with van der Waals surface area (Å²) in [5, 5.41) is -0.147. The number of carbonyl (C=O) groups excluding carboxylic acids is 2. The van der Waals surface area contributed by atoms with E-state index >= 15 is 0 Å². The number of alkyl halides is 5. The van der Waals surface area contributed by atoms with Crippen molar-refractivity contribution in [1.29, 1.82) is 0 Å². The molecule has 0 aromatic heterocycles. The van der Waals surface area contributed by atoms with Crippen molar-refractivity contribution in [2.24, 2.45) is 0 Å². The Labute approximate surface area is 97.9 Å². The van der Waals surface area contributed by atoms with Crippen LogP contribution >= 0.6 is 15.9 Å². The molecule has 0 rings (SSSR count). The molecular weight excluding hydrogens is 298 g/mol. The molecule has 0 bridgehead atoms. The zero-order chi connectivity index (χ0) is 13.1. The molecule has 16 heavy (non-hydrogen) atoms. The highest BCUT2D eigenvalue weighted by molar-refractivity contribution is 9.09. The minimum atomic E-state index is -4.77. The smallest absolute Gasteiger partial charge is 0.331 e. The molecule has 0 radical (unpaired) electrons. The summed E-state index contributed by atoms with van der Waals surface area (Å²) in [5.74, 6) is -7.39. The average Bonchev–Trinajstić information content (AvgIpc) is 2.24. The molecule has 0 aliphatic heterocycles. The van der Waals surface area contributed by atoms with Crippen LogP contribution in [0.2, 0.25) is 0 Å². The molecule has 0 fully saturated rings. The van der Waals surface area contributed by atoms with Gasteiger partial charge in [-0.1, -0.05) is 15.9 Å². The number of amides is 1. The predicted molar refractivity (Wildman–Crippen MR) is 52.0 cm³/mol. The first-order chi connectivity index (χ1) is 7.16. The van der Waals surface area contributed by atoms with Gasteiger partial charge in [-0.05, 0) is 6.92 Å². The van der Waals surface area contributed by atoms with Crippen molar-refractivity contribution in [1.82, 2.24) is 4.90 Å². The van der Waals surface area contributed by atoms with Crippen molar-refractivity contribution in [3.63, 3.8) is 0 Å². The van der Waals surface area contributed by atoms with Gasteiger partial charge in [-0.25, -0.2) is 8.78 Å². The van der Waals surface area contributed by atoms with Gasteiger partial charge in [0.15, 0.2) is 5.78 Å². The maximum absolute atomic E-state index is 12.7. The number of ketones is 1. The van der Waals surface area contributed by atoms with Crippen LogP contribution in [-0.4, -0.2) is 47.4 Å². The third-order valence-corrected chi connectivity index (χ3v) is 2.61. The molecule has 0 saturated carbocycles. The summed E-state index contributed by atoms with van der Waals surface area (Å²) in [4.78, 5) is 22.4. The highest BCUT2D eigenvalue weighted by Gasteiger charge is 2.51. The number of hydrogen-bond donors (Lipinski definition) is 0. The van der Waals surface area contributed by atoms with Crippen LogP contribution in [0.3, 0.4) is 0 Å². The second-order valence-electron chi connectivity index (χ2n) is 3.12. The van der Waals surface area contributed by atoms with Gasteiger partial charge in [0, 0.05) is 7.05 Å². The van der Waals surface area contributed by atoms with Crippen molar-refractivity contribution >= 4 is 27.6 Å². The Morgan fingerprint density at radius 1 is 1.38 bits per heavy atom. The van der Waals surface area contributed by atoms with Gasteiger partial charge in [-0.3, -0.25) is 9.59 Å². The molecule has 94 valence electrons. The molecule has 0 heterocycles. The van der Waals surface area contributed by atoms with Crippen LogP contribution < -0.4 is 0 Å². The lowest BCUT2D eigenvalue weighted by Gasteiger charge is -2.27. The van der Waals surface area contributed by atoms with E-state index in [1.807, 2.05) is 0 Å². The molecular formula is C8H10BrF4NO2. The molecule has 0 aromatic rings. The molecule has 1 unspecified atom stereocenters. The van der Waals surface area contributed by atoms with Gasteiger partial charge in [-0.2, -0.15) is 8.78 Å². The van der Waals surface area contributed by atoms with Crippen molar-refractivity contribution in [2.45, 2.75) is 25.3 Å². The van der Waals surface area contributed by atoms with Gasteiger partial charge in [0.05, 0.1) is 11.4 Å². The van der Waals surface area contributed by atoms with E-state index in [2.05, 4.69) is 15.9 Å². The Morgan fingerprint density at radius 2 is 1.81 bits per heavy atom. The van der Waals surface area contributed by atoms with Gasteiger partial charge in [0.1, 0.15) is 0 Å². The van der Waals surface area contributed by atoms with E-state index in [0.29, 0.717) is 4.90 Å². The zero-order valence-corrected chi connectivity index (χ0v) is 10.1. The highest BCUT2D eigenvalue weighted by atomic mass is 79.9. The molecule has 0 aliphatic carbocycles. The first-order valence-corrected chi connectivity index (χ1v) is 5.30. The molecule has 1 atom stereocenters. The summed E-state index contributed by atoms with van der Waals surface area (Å²) in [6.07, 6.45) is -4.09. The number of rotatable bonds is 5. The Morgan fingerprint density at radius 3 is 2.12 bits per heavy atom. The van der Waals surface area contributed by atoms with E-state index in [1.54, 1.807) is 0 Å². The SMILES string of the molecule is CC(C(=O)CBr)N(C)C(=O)C(F)(F)C(F)F. The van der Waals surface area contributed by atoms with E-state index in [4.69, 9.17) is 0 Å². The Bertz CT molecular complexity index is 285. The van der Waals surface area contributed by atoms with E-state index in [1.165, 1.54) is 6.92 Å². The van der Waals surface area contributed by atoms with E-state index in [9.17, 15) is 27.2 Å². The van der Waals surface area contributed by atoms with Gasteiger partial charge >= 0.3 is 12.3 Å². The minimum absolute atomic E-state index is 0.147. The van der Waals surface area contributed by atoms with Crippen LogP contribution in [0.1, 0.15) is 6.92 Å². The highest BCUT2D eigenvalue weighted by Crippen LogP contribution is 2.25. The minimum Gasteiger partial charge on any atom is -0.331 e. The van der Waals surface area contributed by atoms with Crippen LogP contribution in [0, 0.1) is 0 Å². The van der Waals surface area contributed by atoms with Crippen LogP contribution in [-0.2, 0) is 9.59 Å². The third-order valence-electron chi connectivity index (χ3n) is 2.06. The average molecular weight is 308 g/mol. The summed E-state index contributed by atoms with van der Waals surface area (Å²) >= 11 is 2.79. The monoisotopic (exact) mass is 307 g/mol. The largest absolute Gasteiger partial charge is 0.383 e. The second-order valence-corrected chi connectivity index (χ2v) is 3.68. The number of Topliss-reactive ketones (excluding diaryl/α,β-unsaturated/α-hetero) is 1. The fourth-order valence-electron chi connectivity index (χ4n) is 0.832. The maximum atomic E-state index is 12.7. The van der Waals surface area contributed by atoms with Crippen LogP contribution in [0.4, 0.5) is 17.6 Å². The Balaban J connectivity index is 4.81. The first kappa shape index (κ1) is 15.3. The summed E-state index contributed by atoms with van der Waals surface area (Å²) in [5.41, 5.74) is 0. The van der Waals surface area contributed by atoms with Gasteiger partial charge in [0.2, 0.25) is 0 Å². The number of halogens is 5. The van der Waals surface area contributed by atoms with Crippen LogP contribution in [0.25, 0.3) is 0 Å². The number of nitrogens with zero attached hydrogens (tertiary/aromatic N) is 1. The zero-order valence-electron chi connectivity index (χ0n) is 8.52. The van der Waals surface area contributed by atoms with Crippen LogP contribution in [0.15, 0.2) is 0 Å². The second kappa shape index (κ2) is 5.60. The number of hydrogen-bond acceptors (Lipinski definition) is 2. The van der Waals surface area contributed by atoms with Gasteiger partial charge in [-0.15, -0.1) is 0 Å². The molecule has 0 N–H and O–H groups in total. The lowest BCUT2D eigenvalue weighted by Crippen LogP contribution is -2.51. The van der Waals surface area contributed by atoms with E-state index < -0.39 is 30.1 Å². The van der Waals surface area contributed by atoms with E-state index in [0.717, 1.165) is 7.05 Å². The molecule has 0 aromatic carbocycles. The molecule has 0 spiro atoms. The topological polar surface area (TPSA) is 37.4 Å². The normalized spacial score (nSPS) is 13.8. The van der Waals surface area contributed by atoms with Crippen molar-refractivity contribution in [2.75, 3.05) is 12.4 Å². The van der Waals surface area contributed by atoms with Gasteiger partial charge in [0.25, 0.3) is 5.91 Å². The van der Waals surface area contributed by atoms with E-state index in [-0.39, 0.29) is 5.33 Å². The van der Waals surface area contributed by atoms with Crippen molar-refractivity contribution < 1.29 is 27.2 Å². The van der Waals surface area contributed by atoms with Crippen LogP contribution in [0.5, 0.6) is 0 Å². The lowest BCUT2D eigenvalue weighted by molar-refractivity contribution is -0.181. The third kappa shape index (κ3) is 3.16. The fourth-order valence-corrected chi connectivity index (χ4v) is 1.30. The quantitative estimate of drug-likeness (QED) is 0.573. The summed E-state index contributed by atoms with van der Waals surface area (Å²) in [7, 11) is 0.879. The van der Waals surface area contributed by atoms with Crippen molar-refractivity contribution in [3.05, 3.63) is 0 Å². The number of carbonyl (C=O) groups is 2. The Hall–Kier alpha value is -0.660. The summed E-state index contributed by atoms with van der Waals surface area (Å²) in [6, 6.07) is -1.18. The fraction of sp³-hybridized carbons (Fsp3) is 0.750. The summed E-state index contributed by atoms with van der Waals surface area (Å²) < 4.78 is 49.1. The molecule has 8 heteroatoms. The van der Waals surface area contributed by atoms with Crippen molar-refractivity contribution in [3.8, 4) is 0 Å². The lowest BCUT2D eigenvalue weighted by atomic mass is 10.2. The Kier molecular flexibility index (Phi) is 5.37. The standard InChI is InChI=1S/C8H10BrF4NO2/c1-4(5(15)3-9)14(2)7(16)8(12,13)6(10)11/h4,6H,3H2,1-2H3. The molecule has 3 nitrogen and oxygen atoms in total. The number of likely N-dealkylation sites (N-methyl/N-ethyl adjacent to an activating group) is 1. The molecule has 0 saturated heterocycles. The van der Waals surface area contributed by atoms with Gasteiger partial charge < -0.3 is 4.90 Å². The first-order valence-electron chi connectivity index (χ1n) is 4.18. The maximum Gasteiger partial charge on any atom is 0.383 e. The molecule has 1 amide bonds. The summed E-state index contributed by atoms with van der Waals surface area (Å²) in [6.45, 7) is 1.18.